The van der Waals surface area contributed by atoms with Crippen molar-refractivity contribution in [2.45, 2.75) is 43.5 Å². The molecule has 0 aromatic heterocycles. The highest BCUT2D eigenvalue weighted by atomic mass is 35.5. The summed E-state index contributed by atoms with van der Waals surface area (Å²) in [5.74, 6) is -0.376. The van der Waals surface area contributed by atoms with Gasteiger partial charge in [-0.3, -0.25) is 9.63 Å². The number of benzene rings is 1. The summed E-state index contributed by atoms with van der Waals surface area (Å²) in [7, 11) is -1.30. The number of halogens is 1. The molecular weight excluding hydrogens is 390 g/mol. The molecule has 1 fully saturated rings. The fourth-order valence-electron chi connectivity index (χ4n) is 3.32. The zero-order chi connectivity index (χ0) is 20.0. The molecule has 1 aromatic rings. The second-order valence-corrected chi connectivity index (χ2v) is 9.25. The number of likely N-dealkylation sites (tertiary alicyclic amines) is 1. The number of hydrogen-bond acceptors (Lipinski definition) is 4. The number of hydroxylamine groups is 1. The largest absolute Gasteiger partial charge is 0.352 e. The Hall–Kier alpha value is -1.19. The molecule has 2 rings (SSSR count). The first-order valence-corrected chi connectivity index (χ1v) is 11.0. The molecule has 7 nitrogen and oxygen atoms in total. The van der Waals surface area contributed by atoms with Gasteiger partial charge in [0.25, 0.3) is 15.9 Å². The summed E-state index contributed by atoms with van der Waals surface area (Å²) in [6.45, 7) is 5.01. The minimum atomic E-state index is -3.84. The zero-order valence-electron chi connectivity index (χ0n) is 16.1. The average molecular weight is 419 g/mol. The molecule has 1 aromatic carbocycles. The van der Waals surface area contributed by atoms with Crippen molar-refractivity contribution in [2.24, 2.45) is 0 Å². The number of piperidine rings is 1. The molecule has 1 heterocycles. The van der Waals surface area contributed by atoms with E-state index in [1.54, 1.807) is 4.90 Å². The molecule has 1 aliphatic heterocycles. The van der Waals surface area contributed by atoms with Gasteiger partial charge < -0.3 is 10.2 Å². The van der Waals surface area contributed by atoms with Crippen molar-refractivity contribution in [1.29, 1.82) is 0 Å². The molecule has 9 heteroatoms. The van der Waals surface area contributed by atoms with Crippen molar-refractivity contribution in [3.05, 3.63) is 28.8 Å². The minimum absolute atomic E-state index is 0.0482. The molecule has 27 heavy (non-hydrogen) atoms. The smallest absolute Gasteiger partial charge is 0.264 e. The molecular formula is C18H29ClN3O4S+. The maximum absolute atomic E-state index is 12.5. The number of hydrogen-bond donors (Lipinski definition) is 2. The second-order valence-electron chi connectivity index (χ2n) is 6.90. The van der Waals surface area contributed by atoms with Gasteiger partial charge in [0.05, 0.1) is 41.7 Å². The molecule has 1 saturated heterocycles. The van der Waals surface area contributed by atoms with E-state index in [4.69, 9.17) is 16.4 Å². The van der Waals surface area contributed by atoms with E-state index in [-0.39, 0.29) is 21.4 Å². The summed E-state index contributed by atoms with van der Waals surface area (Å²) in [4.78, 5) is 18.8. The first-order valence-electron chi connectivity index (χ1n) is 9.22. The Balaban J connectivity index is 1.96. The van der Waals surface area contributed by atoms with Crippen LogP contribution in [0.3, 0.4) is 0 Å². The monoisotopic (exact) mass is 418 g/mol. The van der Waals surface area contributed by atoms with Crippen molar-refractivity contribution >= 4 is 27.5 Å². The van der Waals surface area contributed by atoms with Gasteiger partial charge in [-0.15, -0.1) is 0 Å². The Bertz CT molecular complexity index is 757. The topological polar surface area (TPSA) is 80.1 Å². The van der Waals surface area contributed by atoms with Crippen molar-refractivity contribution in [2.75, 3.05) is 33.8 Å². The van der Waals surface area contributed by atoms with E-state index in [2.05, 4.69) is 12.2 Å². The first-order chi connectivity index (χ1) is 12.8. The zero-order valence-corrected chi connectivity index (χ0v) is 17.7. The summed E-state index contributed by atoms with van der Waals surface area (Å²) in [5.41, 5.74) is 0.140. The summed E-state index contributed by atoms with van der Waals surface area (Å²) in [6, 6.07) is 4.71. The van der Waals surface area contributed by atoms with E-state index in [0.29, 0.717) is 12.6 Å². The average Bonchev–Trinajstić information content (AvgIpc) is 2.65. The fourth-order valence-corrected chi connectivity index (χ4v) is 4.53. The molecule has 0 spiro atoms. The molecule has 1 amide bonds. The number of carbonyl (C=O) groups is 1. The highest BCUT2D eigenvalue weighted by Crippen LogP contribution is 2.22. The van der Waals surface area contributed by atoms with Crippen LogP contribution in [0.1, 0.15) is 43.0 Å². The van der Waals surface area contributed by atoms with E-state index in [0.717, 1.165) is 17.4 Å². The molecule has 1 aliphatic rings. The summed E-state index contributed by atoms with van der Waals surface area (Å²) < 4.78 is 25.4. The van der Waals surface area contributed by atoms with Crippen molar-refractivity contribution in [1.82, 2.24) is 9.79 Å². The van der Waals surface area contributed by atoms with E-state index in [1.165, 1.54) is 58.2 Å². The van der Waals surface area contributed by atoms with Gasteiger partial charge in [0.15, 0.2) is 0 Å². The van der Waals surface area contributed by atoms with Crippen LogP contribution in [0.25, 0.3) is 0 Å². The molecule has 0 saturated carbocycles. The third-order valence-electron chi connectivity index (χ3n) is 5.12. The van der Waals surface area contributed by atoms with Gasteiger partial charge in [0, 0.05) is 20.0 Å². The van der Waals surface area contributed by atoms with Gasteiger partial charge in [-0.1, -0.05) is 16.1 Å². The lowest BCUT2D eigenvalue weighted by atomic mass is 10.0. The molecule has 1 unspecified atom stereocenters. The van der Waals surface area contributed by atoms with E-state index in [9.17, 15) is 13.2 Å². The van der Waals surface area contributed by atoms with Crippen molar-refractivity contribution in [3.8, 4) is 0 Å². The SMILES string of the molecule is CON(C)S(=O)(=O)c1ccc(Cl)c(C(=O)NCCC[NH+]2CCCC[C@H]2C)c1. The molecule has 152 valence electrons. The lowest BCUT2D eigenvalue weighted by molar-refractivity contribution is -0.928. The fraction of sp³-hybridized carbons (Fsp3) is 0.611. The van der Waals surface area contributed by atoms with Crippen LogP contribution in [0.2, 0.25) is 5.02 Å². The third kappa shape index (κ3) is 5.65. The Morgan fingerprint density at radius 3 is 2.81 bits per heavy atom. The van der Waals surface area contributed by atoms with Crippen LogP contribution < -0.4 is 10.2 Å². The van der Waals surface area contributed by atoms with Crippen LogP contribution in [0, 0.1) is 0 Å². The number of amides is 1. The molecule has 0 radical (unpaired) electrons. The summed E-state index contributed by atoms with van der Waals surface area (Å²) in [6.07, 6.45) is 4.69. The highest BCUT2D eigenvalue weighted by Gasteiger charge is 2.24. The van der Waals surface area contributed by atoms with E-state index < -0.39 is 10.0 Å². The molecule has 2 atom stereocenters. The Kier molecular flexibility index (Phi) is 8.05. The van der Waals surface area contributed by atoms with Crippen LogP contribution >= 0.6 is 11.6 Å². The maximum atomic E-state index is 12.5. The van der Waals surface area contributed by atoms with Crippen LogP contribution in [-0.4, -0.2) is 58.6 Å². The van der Waals surface area contributed by atoms with Gasteiger partial charge in [-0.25, -0.2) is 8.42 Å². The first kappa shape index (κ1) is 22.1. The lowest BCUT2D eigenvalue weighted by Crippen LogP contribution is -3.16. The van der Waals surface area contributed by atoms with Crippen LogP contribution in [0.5, 0.6) is 0 Å². The summed E-state index contributed by atoms with van der Waals surface area (Å²) >= 11 is 6.10. The van der Waals surface area contributed by atoms with Crippen LogP contribution in [0.15, 0.2) is 23.1 Å². The molecule has 0 bridgehead atoms. The van der Waals surface area contributed by atoms with Gasteiger partial charge >= 0.3 is 0 Å². The predicted molar refractivity (Wildman–Crippen MR) is 104 cm³/mol. The standard InChI is InChI=1S/C18H28ClN3O4S/c1-14-7-4-5-11-22(14)12-6-10-20-18(23)16-13-15(8-9-17(16)19)27(24,25)21(2)26-3/h8-9,13-14H,4-7,10-12H2,1-3H3,(H,20,23)/p+1/t14-/m1/s1. The number of rotatable bonds is 8. The van der Waals surface area contributed by atoms with E-state index in [1.807, 2.05) is 0 Å². The molecule has 2 N–H and O–H groups in total. The quantitative estimate of drug-likeness (QED) is 0.489. The normalized spacial score (nSPS) is 20.6. The lowest BCUT2D eigenvalue weighted by Gasteiger charge is -2.30. The number of carbonyl (C=O) groups excluding carboxylic acids is 1. The number of nitrogens with zero attached hydrogens (tertiary/aromatic N) is 1. The second kappa shape index (κ2) is 9.84. The Labute approximate surface area is 166 Å². The highest BCUT2D eigenvalue weighted by molar-refractivity contribution is 7.89. The van der Waals surface area contributed by atoms with Gasteiger partial charge in [-0.2, -0.15) is 0 Å². The van der Waals surface area contributed by atoms with Gasteiger partial charge in [0.2, 0.25) is 0 Å². The number of nitrogens with one attached hydrogen (secondary N) is 2. The number of quaternary nitrogens is 1. The van der Waals surface area contributed by atoms with Crippen molar-refractivity contribution in [3.63, 3.8) is 0 Å². The maximum Gasteiger partial charge on any atom is 0.264 e. The van der Waals surface area contributed by atoms with E-state index >= 15 is 0 Å². The van der Waals surface area contributed by atoms with Crippen LogP contribution in [-0.2, 0) is 14.9 Å². The third-order valence-corrected chi connectivity index (χ3v) is 7.12. The van der Waals surface area contributed by atoms with Gasteiger partial charge in [0.1, 0.15) is 0 Å². The minimum Gasteiger partial charge on any atom is -0.352 e. The number of sulfonamides is 1. The van der Waals surface area contributed by atoms with Gasteiger partial charge in [-0.05, 0) is 44.4 Å². The van der Waals surface area contributed by atoms with Crippen LogP contribution in [0.4, 0.5) is 0 Å². The summed E-state index contributed by atoms with van der Waals surface area (Å²) in [5, 5.41) is 3.05. The van der Waals surface area contributed by atoms with Crippen molar-refractivity contribution < 1.29 is 22.9 Å². The predicted octanol–water partition coefficient (Wildman–Crippen LogP) is 1.10. The Morgan fingerprint density at radius 2 is 2.15 bits per heavy atom. The molecule has 0 aliphatic carbocycles. The Morgan fingerprint density at radius 1 is 1.41 bits per heavy atom.